The van der Waals surface area contributed by atoms with Crippen LogP contribution in [-0.4, -0.2) is 26.2 Å². The summed E-state index contributed by atoms with van der Waals surface area (Å²) in [5, 5.41) is 9.13. The average molecular weight is 307 g/mol. The number of hydrogen-bond donors (Lipinski definition) is 1. The van der Waals surface area contributed by atoms with Crippen molar-refractivity contribution in [1.82, 2.24) is 14.5 Å². The van der Waals surface area contributed by atoms with Crippen LogP contribution < -0.4 is 0 Å². The van der Waals surface area contributed by atoms with Gasteiger partial charge < -0.3 is 9.67 Å². The summed E-state index contributed by atoms with van der Waals surface area (Å²) in [6.45, 7) is 3.01. The molecule has 0 aliphatic carbocycles. The van der Waals surface area contributed by atoms with Gasteiger partial charge in [0.1, 0.15) is 0 Å². The molecule has 1 N–H and O–H groups in total. The lowest BCUT2D eigenvalue weighted by atomic mass is 10.1. The molecule has 0 spiro atoms. The van der Waals surface area contributed by atoms with Gasteiger partial charge in [-0.05, 0) is 24.5 Å². The molecule has 3 aromatic rings. The molecular formula is C19H21N3O. The van der Waals surface area contributed by atoms with Crippen molar-refractivity contribution in [2.75, 3.05) is 6.61 Å². The summed E-state index contributed by atoms with van der Waals surface area (Å²) < 4.78 is 2.08. The van der Waals surface area contributed by atoms with Gasteiger partial charge in [-0.2, -0.15) is 0 Å². The van der Waals surface area contributed by atoms with Gasteiger partial charge in [0.2, 0.25) is 0 Å². The molecule has 0 bridgehead atoms. The summed E-state index contributed by atoms with van der Waals surface area (Å²) in [6, 6.07) is 14.3. The van der Waals surface area contributed by atoms with Crippen molar-refractivity contribution in [3.05, 3.63) is 60.6 Å². The summed E-state index contributed by atoms with van der Waals surface area (Å²) in [7, 11) is 0. The fourth-order valence-electron chi connectivity index (χ4n) is 2.64. The molecular weight excluding hydrogens is 286 g/mol. The highest BCUT2D eigenvalue weighted by Crippen LogP contribution is 2.30. The normalized spacial score (nSPS) is 10.9. The number of hydrogen-bond acceptors (Lipinski definition) is 3. The fraction of sp³-hybridized carbons (Fsp3) is 0.263. The molecule has 0 unspecified atom stereocenters. The van der Waals surface area contributed by atoms with E-state index in [2.05, 4.69) is 45.7 Å². The maximum absolute atomic E-state index is 9.13. The van der Waals surface area contributed by atoms with E-state index in [4.69, 9.17) is 5.11 Å². The van der Waals surface area contributed by atoms with E-state index < -0.39 is 0 Å². The summed E-state index contributed by atoms with van der Waals surface area (Å²) >= 11 is 0. The number of pyridine rings is 1. The first-order valence-corrected chi connectivity index (χ1v) is 8.00. The molecule has 0 fully saturated rings. The zero-order valence-electron chi connectivity index (χ0n) is 13.3. The monoisotopic (exact) mass is 307 g/mol. The van der Waals surface area contributed by atoms with E-state index in [9.17, 15) is 0 Å². The van der Waals surface area contributed by atoms with Gasteiger partial charge >= 0.3 is 0 Å². The molecule has 0 saturated heterocycles. The van der Waals surface area contributed by atoms with E-state index in [-0.39, 0.29) is 6.61 Å². The minimum absolute atomic E-state index is 0.167. The van der Waals surface area contributed by atoms with Crippen LogP contribution in [0.1, 0.15) is 18.9 Å². The maximum Gasteiger partial charge on any atom is 0.0979 e. The second kappa shape index (κ2) is 7.20. The van der Waals surface area contributed by atoms with Crippen molar-refractivity contribution in [2.45, 2.75) is 26.3 Å². The third-order valence-corrected chi connectivity index (χ3v) is 3.92. The molecule has 2 aromatic heterocycles. The van der Waals surface area contributed by atoms with Crippen molar-refractivity contribution >= 4 is 0 Å². The van der Waals surface area contributed by atoms with Gasteiger partial charge in [0.15, 0.2) is 0 Å². The minimum atomic E-state index is 0.167. The lowest BCUT2D eigenvalue weighted by Crippen LogP contribution is -2.02. The van der Waals surface area contributed by atoms with Crippen LogP contribution in [0, 0.1) is 0 Å². The standard InChI is InChI=1S/C19H21N3O/c1-2-15-9-10-17(20-13-15)19-18(16-7-4-3-5-8-16)21-14-22(19)11-6-12-23/h3-5,7-10,13-14,23H,2,6,11-12H2,1H3. The van der Waals surface area contributed by atoms with Crippen LogP contribution in [0.25, 0.3) is 22.6 Å². The Morgan fingerprint density at radius 3 is 2.52 bits per heavy atom. The molecule has 4 nitrogen and oxygen atoms in total. The molecule has 0 aliphatic rings. The van der Waals surface area contributed by atoms with Crippen LogP contribution in [0.5, 0.6) is 0 Å². The number of aliphatic hydroxyl groups excluding tert-OH is 1. The van der Waals surface area contributed by atoms with Gasteiger partial charge in [-0.3, -0.25) is 4.98 Å². The zero-order valence-corrected chi connectivity index (χ0v) is 13.3. The van der Waals surface area contributed by atoms with Crippen molar-refractivity contribution in [2.24, 2.45) is 0 Å². The highest BCUT2D eigenvalue weighted by atomic mass is 16.3. The molecule has 0 amide bonds. The fourth-order valence-corrected chi connectivity index (χ4v) is 2.64. The summed E-state index contributed by atoms with van der Waals surface area (Å²) in [5.74, 6) is 0. The Balaban J connectivity index is 2.08. The molecule has 23 heavy (non-hydrogen) atoms. The minimum Gasteiger partial charge on any atom is -0.396 e. The largest absolute Gasteiger partial charge is 0.396 e. The number of benzene rings is 1. The molecule has 2 heterocycles. The second-order valence-corrected chi connectivity index (χ2v) is 5.48. The van der Waals surface area contributed by atoms with Gasteiger partial charge in [-0.25, -0.2) is 4.98 Å². The number of rotatable bonds is 6. The van der Waals surface area contributed by atoms with Gasteiger partial charge in [-0.1, -0.05) is 43.3 Å². The first-order valence-electron chi connectivity index (χ1n) is 8.00. The Bertz CT molecular complexity index is 748. The number of nitrogens with zero attached hydrogens (tertiary/aromatic N) is 3. The third kappa shape index (κ3) is 3.32. The Labute approximate surface area is 136 Å². The molecule has 0 radical (unpaired) electrons. The smallest absolute Gasteiger partial charge is 0.0979 e. The van der Waals surface area contributed by atoms with Crippen molar-refractivity contribution in [3.63, 3.8) is 0 Å². The van der Waals surface area contributed by atoms with Crippen LogP contribution >= 0.6 is 0 Å². The molecule has 0 saturated carbocycles. The third-order valence-electron chi connectivity index (χ3n) is 3.92. The number of aryl methyl sites for hydroxylation is 2. The van der Waals surface area contributed by atoms with E-state index in [1.807, 2.05) is 30.7 Å². The van der Waals surface area contributed by atoms with Crippen molar-refractivity contribution in [1.29, 1.82) is 0 Å². The Morgan fingerprint density at radius 1 is 1.04 bits per heavy atom. The van der Waals surface area contributed by atoms with E-state index in [1.165, 1.54) is 5.56 Å². The van der Waals surface area contributed by atoms with Crippen LogP contribution in [0.2, 0.25) is 0 Å². The van der Waals surface area contributed by atoms with E-state index in [0.717, 1.165) is 35.6 Å². The first-order chi connectivity index (χ1) is 11.3. The van der Waals surface area contributed by atoms with Crippen LogP contribution in [0.3, 0.4) is 0 Å². The van der Waals surface area contributed by atoms with Gasteiger partial charge in [0, 0.05) is 24.9 Å². The van der Waals surface area contributed by atoms with E-state index >= 15 is 0 Å². The highest BCUT2D eigenvalue weighted by Gasteiger charge is 2.15. The summed E-state index contributed by atoms with van der Waals surface area (Å²) in [4.78, 5) is 9.22. The first kappa shape index (κ1) is 15.4. The van der Waals surface area contributed by atoms with E-state index in [1.54, 1.807) is 0 Å². The quantitative estimate of drug-likeness (QED) is 0.757. The predicted molar refractivity (Wildman–Crippen MR) is 92.0 cm³/mol. The van der Waals surface area contributed by atoms with Crippen LogP contribution in [-0.2, 0) is 13.0 Å². The molecule has 1 aromatic carbocycles. The van der Waals surface area contributed by atoms with Gasteiger partial charge in [0.05, 0.1) is 23.4 Å². The zero-order chi connectivity index (χ0) is 16.1. The summed E-state index contributed by atoms with van der Waals surface area (Å²) in [6.07, 6.45) is 5.43. The predicted octanol–water partition coefficient (Wildman–Crippen LogP) is 3.56. The topological polar surface area (TPSA) is 50.9 Å². The van der Waals surface area contributed by atoms with Gasteiger partial charge in [0.25, 0.3) is 0 Å². The Kier molecular flexibility index (Phi) is 4.83. The number of imidazole rings is 1. The summed E-state index contributed by atoms with van der Waals surface area (Å²) in [5.41, 5.74) is 5.15. The Hall–Kier alpha value is -2.46. The van der Waals surface area contributed by atoms with Gasteiger partial charge in [-0.15, -0.1) is 0 Å². The lowest BCUT2D eigenvalue weighted by molar-refractivity contribution is 0.280. The van der Waals surface area contributed by atoms with Crippen molar-refractivity contribution < 1.29 is 5.11 Å². The molecule has 0 aliphatic heterocycles. The number of aromatic nitrogens is 3. The van der Waals surface area contributed by atoms with E-state index in [0.29, 0.717) is 6.42 Å². The van der Waals surface area contributed by atoms with Crippen LogP contribution in [0.15, 0.2) is 55.0 Å². The average Bonchev–Trinajstić information content (AvgIpc) is 3.04. The molecule has 4 heteroatoms. The SMILES string of the molecule is CCc1ccc(-c2c(-c3ccccc3)ncn2CCCO)nc1. The molecule has 0 atom stereocenters. The second-order valence-electron chi connectivity index (χ2n) is 5.48. The molecule has 118 valence electrons. The Morgan fingerprint density at radius 2 is 1.87 bits per heavy atom. The van der Waals surface area contributed by atoms with Crippen molar-refractivity contribution in [3.8, 4) is 22.6 Å². The van der Waals surface area contributed by atoms with Crippen LogP contribution in [0.4, 0.5) is 0 Å². The number of aliphatic hydroxyl groups is 1. The highest BCUT2D eigenvalue weighted by molar-refractivity contribution is 5.76. The maximum atomic E-state index is 9.13. The lowest BCUT2D eigenvalue weighted by Gasteiger charge is -2.10. The molecule has 3 rings (SSSR count).